The van der Waals surface area contributed by atoms with Crippen LogP contribution >= 0.6 is 0 Å². The lowest BCUT2D eigenvalue weighted by Crippen LogP contribution is -2.42. The number of hydrogen-bond acceptors (Lipinski definition) is 4. The number of nitrogens with zero attached hydrogens (tertiary/aromatic N) is 4. The molecule has 0 unspecified atom stereocenters. The summed E-state index contributed by atoms with van der Waals surface area (Å²) in [7, 11) is 2.10. The number of amides is 1. The zero-order valence-corrected chi connectivity index (χ0v) is 18.5. The molecule has 2 fully saturated rings. The predicted molar refractivity (Wildman–Crippen MR) is 121 cm³/mol. The molecular weight excluding hydrogens is 374 g/mol. The highest BCUT2D eigenvalue weighted by atomic mass is 16.1. The minimum atomic E-state index is 0.187. The van der Waals surface area contributed by atoms with Gasteiger partial charge in [0.15, 0.2) is 0 Å². The lowest BCUT2D eigenvalue weighted by atomic mass is 9.95. The van der Waals surface area contributed by atoms with Crippen molar-refractivity contribution >= 4 is 16.9 Å². The van der Waals surface area contributed by atoms with Gasteiger partial charge in [-0.3, -0.25) is 4.79 Å². The van der Waals surface area contributed by atoms with Crippen LogP contribution in [0.1, 0.15) is 44.3 Å². The second-order valence-electron chi connectivity index (χ2n) is 8.99. The largest absolute Gasteiger partial charge is 0.356 e. The Bertz CT molecular complexity index is 818. The monoisotopic (exact) mass is 411 g/mol. The quantitative estimate of drug-likeness (QED) is 0.679. The van der Waals surface area contributed by atoms with Crippen LogP contribution in [0.2, 0.25) is 0 Å². The van der Waals surface area contributed by atoms with Gasteiger partial charge in [0.2, 0.25) is 5.91 Å². The van der Waals surface area contributed by atoms with E-state index in [-0.39, 0.29) is 11.8 Å². The summed E-state index contributed by atoms with van der Waals surface area (Å²) in [5.74, 6) is 1.60. The number of para-hydroxylation sites is 2. The van der Waals surface area contributed by atoms with Gasteiger partial charge in [0.1, 0.15) is 5.82 Å². The van der Waals surface area contributed by atoms with Gasteiger partial charge in [-0.05, 0) is 77.0 Å². The fourth-order valence-corrected chi connectivity index (χ4v) is 4.94. The highest BCUT2D eigenvalue weighted by molar-refractivity contribution is 5.78. The molecule has 1 N–H and O–H groups in total. The molecule has 0 saturated carbocycles. The molecule has 1 aromatic carbocycles. The Hall–Kier alpha value is -1.92. The van der Waals surface area contributed by atoms with Crippen molar-refractivity contribution in [1.29, 1.82) is 0 Å². The number of aryl methyl sites for hydroxylation is 1. The molecule has 2 aliphatic rings. The smallest absolute Gasteiger partial charge is 0.223 e. The van der Waals surface area contributed by atoms with Gasteiger partial charge in [0, 0.05) is 32.5 Å². The number of benzene rings is 1. The maximum Gasteiger partial charge on any atom is 0.223 e. The summed E-state index contributed by atoms with van der Waals surface area (Å²) in [6.45, 7) is 7.46. The van der Waals surface area contributed by atoms with Crippen LogP contribution in [-0.2, 0) is 18.3 Å². The van der Waals surface area contributed by atoms with E-state index in [2.05, 4.69) is 44.9 Å². The first kappa shape index (κ1) is 21.3. The Balaban J connectivity index is 1.14. The van der Waals surface area contributed by atoms with E-state index in [0.29, 0.717) is 0 Å². The van der Waals surface area contributed by atoms with Crippen LogP contribution in [0.15, 0.2) is 24.3 Å². The maximum atomic E-state index is 12.5. The summed E-state index contributed by atoms with van der Waals surface area (Å²) in [4.78, 5) is 22.3. The third-order valence-electron chi connectivity index (χ3n) is 6.89. The Morgan fingerprint density at radius 2 is 1.77 bits per heavy atom. The molecule has 0 radical (unpaired) electrons. The van der Waals surface area contributed by atoms with Crippen LogP contribution in [0.4, 0.5) is 0 Å². The van der Waals surface area contributed by atoms with Crippen LogP contribution in [0.3, 0.4) is 0 Å². The summed E-state index contributed by atoms with van der Waals surface area (Å²) >= 11 is 0. The van der Waals surface area contributed by atoms with E-state index in [1.807, 2.05) is 6.07 Å². The molecule has 1 amide bonds. The molecule has 0 atom stereocenters. The molecule has 6 heteroatoms. The second kappa shape index (κ2) is 10.4. The first-order chi connectivity index (χ1) is 14.7. The van der Waals surface area contributed by atoms with E-state index in [1.165, 1.54) is 37.9 Å². The van der Waals surface area contributed by atoms with Gasteiger partial charge >= 0.3 is 0 Å². The van der Waals surface area contributed by atoms with E-state index in [9.17, 15) is 4.79 Å². The topological polar surface area (TPSA) is 53.4 Å². The van der Waals surface area contributed by atoms with Crippen molar-refractivity contribution in [2.45, 2.75) is 44.9 Å². The van der Waals surface area contributed by atoms with Crippen LogP contribution in [0.25, 0.3) is 11.0 Å². The molecule has 2 saturated heterocycles. The number of carbonyl (C=O) groups is 1. The molecule has 2 aliphatic heterocycles. The zero-order valence-electron chi connectivity index (χ0n) is 18.5. The van der Waals surface area contributed by atoms with E-state index >= 15 is 0 Å². The Morgan fingerprint density at radius 3 is 2.53 bits per heavy atom. The number of carbonyl (C=O) groups excluding carboxylic acids is 1. The van der Waals surface area contributed by atoms with Crippen molar-refractivity contribution in [2.24, 2.45) is 13.0 Å². The minimum Gasteiger partial charge on any atom is -0.356 e. The maximum absolute atomic E-state index is 12.5. The SMILES string of the molecule is Cn1c(CCN2CCC(C(=O)NCCCN3CCCCC3)CC2)nc2ccccc21. The number of likely N-dealkylation sites (tertiary alicyclic amines) is 2. The third-order valence-corrected chi connectivity index (χ3v) is 6.89. The van der Waals surface area contributed by atoms with Gasteiger partial charge in [-0.25, -0.2) is 4.98 Å². The highest BCUT2D eigenvalue weighted by Crippen LogP contribution is 2.19. The van der Waals surface area contributed by atoms with E-state index < -0.39 is 0 Å². The van der Waals surface area contributed by atoms with Gasteiger partial charge in [-0.15, -0.1) is 0 Å². The summed E-state index contributed by atoms with van der Waals surface area (Å²) < 4.78 is 2.21. The second-order valence-corrected chi connectivity index (χ2v) is 8.99. The molecule has 2 aromatic rings. The number of rotatable bonds is 8. The summed E-state index contributed by atoms with van der Waals surface area (Å²) in [5.41, 5.74) is 2.27. The first-order valence-electron chi connectivity index (χ1n) is 11.8. The van der Waals surface area contributed by atoms with Gasteiger partial charge in [-0.2, -0.15) is 0 Å². The standard InChI is InChI=1S/C24H37N5O/c1-27-22-9-4-3-8-21(22)26-23(27)12-19-29-17-10-20(11-18-29)24(30)25-13-7-16-28-14-5-2-6-15-28/h3-4,8-9,20H,2,5-7,10-19H2,1H3,(H,25,30). The zero-order chi connectivity index (χ0) is 20.8. The fraction of sp³-hybridized carbons (Fsp3) is 0.667. The van der Waals surface area contributed by atoms with Crippen LogP contribution in [-0.4, -0.2) is 71.1 Å². The Kier molecular flexibility index (Phi) is 7.39. The molecule has 4 rings (SSSR count). The lowest BCUT2D eigenvalue weighted by Gasteiger charge is -2.31. The number of piperidine rings is 2. The van der Waals surface area contributed by atoms with Crippen LogP contribution in [0, 0.1) is 5.92 Å². The van der Waals surface area contributed by atoms with Crippen molar-refractivity contribution in [3.05, 3.63) is 30.1 Å². The van der Waals surface area contributed by atoms with Gasteiger partial charge in [0.25, 0.3) is 0 Å². The molecule has 164 valence electrons. The molecular formula is C24H37N5O. The number of nitrogens with one attached hydrogen (secondary N) is 1. The average molecular weight is 412 g/mol. The van der Waals surface area contributed by atoms with Crippen molar-refractivity contribution in [1.82, 2.24) is 24.7 Å². The molecule has 0 spiro atoms. The summed E-state index contributed by atoms with van der Waals surface area (Å²) in [6.07, 6.45) is 8.02. The molecule has 1 aromatic heterocycles. The number of hydrogen-bond donors (Lipinski definition) is 1. The predicted octanol–water partition coefficient (Wildman–Crippen LogP) is 2.82. The molecule has 0 aliphatic carbocycles. The Labute approximate surface area is 180 Å². The van der Waals surface area contributed by atoms with Crippen molar-refractivity contribution < 1.29 is 4.79 Å². The van der Waals surface area contributed by atoms with E-state index in [1.54, 1.807) is 0 Å². The normalized spacial score (nSPS) is 19.4. The van der Waals surface area contributed by atoms with Crippen molar-refractivity contribution in [3.8, 4) is 0 Å². The van der Waals surface area contributed by atoms with Gasteiger partial charge in [-0.1, -0.05) is 18.6 Å². The number of imidazole rings is 1. The first-order valence-corrected chi connectivity index (χ1v) is 11.8. The van der Waals surface area contributed by atoms with E-state index in [4.69, 9.17) is 4.98 Å². The van der Waals surface area contributed by atoms with Gasteiger partial charge in [0.05, 0.1) is 11.0 Å². The van der Waals surface area contributed by atoms with E-state index in [0.717, 1.165) is 69.7 Å². The van der Waals surface area contributed by atoms with Gasteiger partial charge < -0.3 is 19.7 Å². The average Bonchev–Trinajstić information content (AvgIpc) is 3.12. The molecule has 6 nitrogen and oxygen atoms in total. The summed E-state index contributed by atoms with van der Waals surface area (Å²) in [5, 5.41) is 3.19. The molecule has 3 heterocycles. The molecule has 0 bridgehead atoms. The lowest BCUT2D eigenvalue weighted by molar-refractivity contribution is -0.126. The number of aromatic nitrogens is 2. The molecule has 30 heavy (non-hydrogen) atoms. The highest BCUT2D eigenvalue weighted by Gasteiger charge is 2.24. The van der Waals surface area contributed by atoms with Crippen molar-refractivity contribution in [3.63, 3.8) is 0 Å². The van der Waals surface area contributed by atoms with Crippen molar-refractivity contribution in [2.75, 3.05) is 45.8 Å². The Morgan fingerprint density at radius 1 is 1.03 bits per heavy atom. The van der Waals surface area contributed by atoms with Crippen LogP contribution in [0.5, 0.6) is 0 Å². The minimum absolute atomic E-state index is 0.187. The summed E-state index contributed by atoms with van der Waals surface area (Å²) in [6, 6.07) is 8.32. The number of fused-ring (bicyclic) bond motifs is 1. The van der Waals surface area contributed by atoms with Crippen LogP contribution < -0.4 is 5.32 Å². The third kappa shape index (κ3) is 5.41. The fourth-order valence-electron chi connectivity index (χ4n) is 4.94.